The SMILES string of the molecule is CCCC(C)n1nnc2c1CCC1C(CC2)C1COC(C)=O. The zero-order chi connectivity index (χ0) is 15.7. The predicted octanol–water partition coefficient (Wildman–Crippen LogP) is 2.94. The monoisotopic (exact) mass is 305 g/mol. The highest BCUT2D eigenvalue weighted by atomic mass is 16.5. The average Bonchev–Trinajstić information content (AvgIpc) is 2.95. The summed E-state index contributed by atoms with van der Waals surface area (Å²) in [5.74, 6) is 1.85. The van der Waals surface area contributed by atoms with Gasteiger partial charge >= 0.3 is 5.97 Å². The molecule has 5 heteroatoms. The van der Waals surface area contributed by atoms with Gasteiger partial charge in [0.15, 0.2) is 0 Å². The zero-order valence-corrected chi connectivity index (χ0v) is 13.9. The molecular formula is C17H27N3O2. The van der Waals surface area contributed by atoms with Gasteiger partial charge in [0, 0.05) is 6.92 Å². The van der Waals surface area contributed by atoms with Gasteiger partial charge in [-0.25, -0.2) is 4.68 Å². The van der Waals surface area contributed by atoms with E-state index in [4.69, 9.17) is 4.74 Å². The maximum Gasteiger partial charge on any atom is 0.302 e. The smallest absolute Gasteiger partial charge is 0.302 e. The van der Waals surface area contributed by atoms with Crippen LogP contribution in [0.2, 0.25) is 0 Å². The molecule has 4 atom stereocenters. The van der Waals surface area contributed by atoms with E-state index in [1.807, 2.05) is 0 Å². The number of fused-ring (bicyclic) bond motifs is 2. The van der Waals surface area contributed by atoms with Crippen LogP contribution in [0.25, 0.3) is 0 Å². The van der Waals surface area contributed by atoms with E-state index in [0.717, 1.165) is 31.6 Å². The lowest BCUT2D eigenvalue weighted by Crippen LogP contribution is -2.12. The molecule has 0 saturated heterocycles. The first-order valence-electron chi connectivity index (χ1n) is 8.68. The summed E-state index contributed by atoms with van der Waals surface area (Å²) >= 11 is 0. The van der Waals surface area contributed by atoms with Crippen LogP contribution in [0.3, 0.4) is 0 Å². The Morgan fingerprint density at radius 2 is 2.09 bits per heavy atom. The fourth-order valence-corrected chi connectivity index (χ4v) is 4.14. The van der Waals surface area contributed by atoms with Crippen molar-refractivity contribution >= 4 is 5.97 Å². The number of hydrogen-bond acceptors (Lipinski definition) is 4. The molecule has 1 fully saturated rings. The fraction of sp³-hybridized carbons (Fsp3) is 0.824. The second-order valence-corrected chi connectivity index (χ2v) is 6.94. The highest BCUT2D eigenvalue weighted by molar-refractivity contribution is 5.65. The molecule has 0 bridgehead atoms. The molecule has 0 amide bonds. The molecule has 2 aliphatic rings. The predicted molar refractivity (Wildman–Crippen MR) is 83.4 cm³/mol. The fourth-order valence-electron chi connectivity index (χ4n) is 4.14. The summed E-state index contributed by atoms with van der Waals surface area (Å²) in [6, 6.07) is 0.438. The molecule has 4 unspecified atom stereocenters. The van der Waals surface area contributed by atoms with Crippen LogP contribution in [0.15, 0.2) is 0 Å². The van der Waals surface area contributed by atoms with Gasteiger partial charge < -0.3 is 4.74 Å². The number of nitrogens with zero attached hydrogens (tertiary/aromatic N) is 3. The minimum Gasteiger partial charge on any atom is -0.466 e. The van der Waals surface area contributed by atoms with E-state index in [9.17, 15) is 4.79 Å². The van der Waals surface area contributed by atoms with E-state index in [1.54, 1.807) is 0 Å². The third kappa shape index (κ3) is 3.03. The second kappa shape index (κ2) is 6.39. The van der Waals surface area contributed by atoms with Crippen LogP contribution in [0.1, 0.15) is 63.9 Å². The summed E-state index contributed by atoms with van der Waals surface area (Å²) in [6.45, 7) is 6.55. The molecule has 5 nitrogen and oxygen atoms in total. The summed E-state index contributed by atoms with van der Waals surface area (Å²) in [6.07, 6.45) is 6.74. The molecule has 2 aliphatic carbocycles. The Hall–Kier alpha value is -1.39. The molecule has 122 valence electrons. The normalized spacial score (nSPS) is 28.0. The number of esters is 1. The van der Waals surface area contributed by atoms with Crippen LogP contribution in [0, 0.1) is 17.8 Å². The van der Waals surface area contributed by atoms with Crippen molar-refractivity contribution in [3.8, 4) is 0 Å². The van der Waals surface area contributed by atoms with Crippen molar-refractivity contribution in [2.45, 2.75) is 65.3 Å². The number of carbonyl (C=O) groups is 1. The summed E-state index contributed by atoms with van der Waals surface area (Å²) in [5, 5.41) is 8.86. The molecule has 0 N–H and O–H groups in total. The summed E-state index contributed by atoms with van der Waals surface area (Å²) in [7, 11) is 0. The van der Waals surface area contributed by atoms with E-state index in [0.29, 0.717) is 24.5 Å². The van der Waals surface area contributed by atoms with Gasteiger partial charge in [0.2, 0.25) is 0 Å². The van der Waals surface area contributed by atoms with Gasteiger partial charge in [-0.05, 0) is 56.8 Å². The first-order valence-corrected chi connectivity index (χ1v) is 8.68. The molecule has 1 aromatic heterocycles. The van der Waals surface area contributed by atoms with Crippen LogP contribution in [0.5, 0.6) is 0 Å². The van der Waals surface area contributed by atoms with Crippen molar-refractivity contribution in [1.29, 1.82) is 0 Å². The van der Waals surface area contributed by atoms with Gasteiger partial charge in [-0.2, -0.15) is 0 Å². The number of hydrogen-bond donors (Lipinski definition) is 0. The van der Waals surface area contributed by atoms with Gasteiger partial charge in [0.1, 0.15) is 0 Å². The van der Waals surface area contributed by atoms with Gasteiger partial charge in [-0.3, -0.25) is 4.79 Å². The molecule has 0 spiro atoms. The number of aryl methyl sites for hydroxylation is 1. The Bertz CT molecular complexity index is 540. The van der Waals surface area contributed by atoms with Gasteiger partial charge in [-0.15, -0.1) is 5.10 Å². The molecule has 22 heavy (non-hydrogen) atoms. The Morgan fingerprint density at radius 3 is 2.77 bits per heavy atom. The van der Waals surface area contributed by atoms with Crippen LogP contribution >= 0.6 is 0 Å². The van der Waals surface area contributed by atoms with Gasteiger partial charge in [0.05, 0.1) is 24.0 Å². The largest absolute Gasteiger partial charge is 0.466 e. The molecule has 0 aliphatic heterocycles. The number of ether oxygens (including phenoxy) is 1. The molecule has 0 aromatic carbocycles. The molecule has 0 radical (unpaired) electrons. The van der Waals surface area contributed by atoms with E-state index in [-0.39, 0.29) is 5.97 Å². The van der Waals surface area contributed by atoms with Gasteiger partial charge in [-0.1, -0.05) is 18.6 Å². The number of rotatable bonds is 5. The molecule has 3 rings (SSSR count). The van der Waals surface area contributed by atoms with Crippen LogP contribution in [-0.2, 0) is 22.4 Å². The Morgan fingerprint density at radius 1 is 1.36 bits per heavy atom. The van der Waals surface area contributed by atoms with Crippen molar-refractivity contribution in [3.63, 3.8) is 0 Å². The Labute approximate surface area is 132 Å². The van der Waals surface area contributed by atoms with Crippen LogP contribution in [0.4, 0.5) is 0 Å². The summed E-state index contributed by atoms with van der Waals surface area (Å²) in [4.78, 5) is 11.0. The van der Waals surface area contributed by atoms with Crippen molar-refractivity contribution < 1.29 is 9.53 Å². The van der Waals surface area contributed by atoms with Crippen LogP contribution in [-0.4, -0.2) is 27.6 Å². The average molecular weight is 305 g/mol. The molecule has 1 aromatic rings. The Balaban J connectivity index is 1.65. The van der Waals surface area contributed by atoms with Crippen molar-refractivity contribution in [3.05, 3.63) is 11.4 Å². The van der Waals surface area contributed by atoms with Crippen LogP contribution < -0.4 is 0 Å². The van der Waals surface area contributed by atoms with Crippen molar-refractivity contribution in [2.24, 2.45) is 17.8 Å². The third-order valence-electron chi connectivity index (χ3n) is 5.41. The summed E-state index contributed by atoms with van der Waals surface area (Å²) < 4.78 is 7.38. The van der Waals surface area contributed by atoms with E-state index in [2.05, 4.69) is 28.8 Å². The highest BCUT2D eigenvalue weighted by Gasteiger charge is 2.50. The minimum absolute atomic E-state index is 0.159. The quantitative estimate of drug-likeness (QED) is 0.785. The first kappa shape index (κ1) is 15.5. The lowest BCUT2D eigenvalue weighted by atomic mass is 10.0. The molecule has 1 heterocycles. The minimum atomic E-state index is -0.159. The van der Waals surface area contributed by atoms with Gasteiger partial charge in [0.25, 0.3) is 0 Å². The van der Waals surface area contributed by atoms with E-state index < -0.39 is 0 Å². The first-order chi connectivity index (χ1) is 10.6. The maximum atomic E-state index is 11.0. The summed E-state index contributed by atoms with van der Waals surface area (Å²) in [5.41, 5.74) is 2.54. The lowest BCUT2D eigenvalue weighted by Gasteiger charge is -2.15. The van der Waals surface area contributed by atoms with Crippen molar-refractivity contribution in [2.75, 3.05) is 6.61 Å². The zero-order valence-electron chi connectivity index (χ0n) is 13.9. The molecule has 1 saturated carbocycles. The standard InChI is InChI=1S/C17H27N3O2/c1-4-5-11(2)20-17-9-7-14-13(6-8-16(17)18-19-20)15(14)10-22-12(3)21/h11,13-15H,4-10H2,1-3H3. The Kier molecular flexibility index (Phi) is 4.50. The topological polar surface area (TPSA) is 57.0 Å². The second-order valence-electron chi connectivity index (χ2n) is 6.94. The molecular weight excluding hydrogens is 278 g/mol. The van der Waals surface area contributed by atoms with E-state index in [1.165, 1.54) is 31.2 Å². The van der Waals surface area contributed by atoms with E-state index >= 15 is 0 Å². The lowest BCUT2D eigenvalue weighted by molar-refractivity contribution is -0.141. The number of carbonyl (C=O) groups excluding carboxylic acids is 1. The van der Waals surface area contributed by atoms with Crippen molar-refractivity contribution in [1.82, 2.24) is 15.0 Å². The number of aromatic nitrogens is 3. The highest BCUT2D eigenvalue weighted by Crippen LogP contribution is 2.53. The maximum absolute atomic E-state index is 11.0. The third-order valence-corrected chi connectivity index (χ3v) is 5.41.